The number of rotatable bonds is 8. The van der Waals surface area contributed by atoms with Crippen LogP contribution in [0.3, 0.4) is 0 Å². The van der Waals surface area contributed by atoms with Crippen molar-refractivity contribution < 1.29 is 9.47 Å². The van der Waals surface area contributed by atoms with Gasteiger partial charge in [-0.05, 0) is 31.2 Å². The van der Waals surface area contributed by atoms with E-state index >= 15 is 0 Å². The van der Waals surface area contributed by atoms with E-state index in [1.807, 2.05) is 50.6 Å². The van der Waals surface area contributed by atoms with E-state index in [9.17, 15) is 0 Å². The normalized spacial score (nSPS) is 11.2. The maximum atomic E-state index is 5.69. The number of hydrogen-bond acceptors (Lipinski definition) is 4. The van der Waals surface area contributed by atoms with Crippen molar-refractivity contribution in [2.75, 3.05) is 26.8 Å². The van der Waals surface area contributed by atoms with Crippen LogP contribution < -0.4 is 20.1 Å². The monoisotopic (exact) mass is 331 g/mol. The number of aromatic nitrogens is 2. The molecule has 0 saturated heterocycles. The quantitative estimate of drug-likeness (QED) is 0.436. The summed E-state index contributed by atoms with van der Waals surface area (Å²) in [4.78, 5) is 4.53. The first kappa shape index (κ1) is 17.7. The molecule has 0 radical (unpaired) electrons. The van der Waals surface area contributed by atoms with Crippen LogP contribution in [0.25, 0.3) is 0 Å². The summed E-state index contributed by atoms with van der Waals surface area (Å²) in [5.74, 6) is 2.40. The molecule has 0 amide bonds. The molecule has 0 aliphatic carbocycles. The molecule has 2 N–H and O–H groups in total. The Kier molecular flexibility index (Phi) is 6.94. The smallest absolute Gasteiger partial charge is 0.191 e. The van der Waals surface area contributed by atoms with Crippen molar-refractivity contribution in [3.05, 3.63) is 42.2 Å². The first-order valence-electron chi connectivity index (χ1n) is 7.98. The molecular weight excluding hydrogens is 306 g/mol. The highest BCUT2D eigenvalue weighted by molar-refractivity contribution is 5.79. The molecule has 2 aromatic rings. The summed E-state index contributed by atoms with van der Waals surface area (Å²) in [7, 11) is 3.54. The van der Waals surface area contributed by atoms with E-state index in [4.69, 9.17) is 9.47 Å². The highest BCUT2D eigenvalue weighted by atomic mass is 16.5. The molecule has 0 unspecified atom stereocenters. The lowest BCUT2D eigenvalue weighted by atomic mass is 10.3. The SMILES string of the molecule is CCNC(=NCc1cnn(C)c1)NCCOc1ccc(OC)cc1. The number of aliphatic imine (C=N–C) groups is 1. The van der Waals surface area contributed by atoms with Gasteiger partial charge in [0.15, 0.2) is 5.96 Å². The van der Waals surface area contributed by atoms with Crippen molar-refractivity contribution in [2.24, 2.45) is 12.0 Å². The van der Waals surface area contributed by atoms with Gasteiger partial charge in [0.1, 0.15) is 18.1 Å². The number of hydrogen-bond donors (Lipinski definition) is 2. The third-order valence-electron chi connectivity index (χ3n) is 3.24. The van der Waals surface area contributed by atoms with Gasteiger partial charge in [0.05, 0.1) is 26.4 Å². The number of nitrogens with one attached hydrogen (secondary N) is 2. The summed E-state index contributed by atoms with van der Waals surface area (Å²) >= 11 is 0. The molecule has 2 rings (SSSR count). The lowest BCUT2D eigenvalue weighted by Crippen LogP contribution is -2.39. The molecule has 1 aromatic carbocycles. The predicted molar refractivity (Wildman–Crippen MR) is 94.5 cm³/mol. The van der Waals surface area contributed by atoms with Crippen LogP contribution in [0.4, 0.5) is 0 Å². The van der Waals surface area contributed by atoms with Crippen molar-refractivity contribution in [3.63, 3.8) is 0 Å². The number of nitrogens with zero attached hydrogens (tertiary/aromatic N) is 3. The number of benzene rings is 1. The van der Waals surface area contributed by atoms with Gasteiger partial charge >= 0.3 is 0 Å². The summed E-state index contributed by atoms with van der Waals surface area (Å²) in [5, 5.41) is 10.6. The molecule has 0 saturated carbocycles. The Morgan fingerprint density at radius 1 is 1.21 bits per heavy atom. The molecule has 7 nitrogen and oxygen atoms in total. The first-order valence-corrected chi connectivity index (χ1v) is 7.98. The molecule has 7 heteroatoms. The zero-order valence-electron chi connectivity index (χ0n) is 14.5. The second-order valence-electron chi connectivity index (χ2n) is 5.17. The van der Waals surface area contributed by atoms with E-state index < -0.39 is 0 Å². The third-order valence-corrected chi connectivity index (χ3v) is 3.24. The summed E-state index contributed by atoms with van der Waals surface area (Å²) in [6.45, 7) is 4.63. The van der Waals surface area contributed by atoms with Crippen LogP contribution in [-0.4, -0.2) is 42.5 Å². The maximum absolute atomic E-state index is 5.69. The van der Waals surface area contributed by atoms with Crippen LogP contribution in [0.2, 0.25) is 0 Å². The number of guanidine groups is 1. The fraction of sp³-hybridized carbons (Fsp3) is 0.412. The van der Waals surface area contributed by atoms with E-state index in [0.29, 0.717) is 19.7 Å². The van der Waals surface area contributed by atoms with Crippen molar-refractivity contribution in [3.8, 4) is 11.5 Å². The van der Waals surface area contributed by atoms with Gasteiger partial charge in [-0.3, -0.25) is 4.68 Å². The van der Waals surface area contributed by atoms with Crippen molar-refractivity contribution in [1.29, 1.82) is 0 Å². The van der Waals surface area contributed by atoms with Crippen molar-refractivity contribution in [2.45, 2.75) is 13.5 Å². The third kappa shape index (κ3) is 5.83. The van der Waals surface area contributed by atoms with Gasteiger partial charge in [-0.25, -0.2) is 4.99 Å². The zero-order chi connectivity index (χ0) is 17.2. The highest BCUT2D eigenvalue weighted by Crippen LogP contribution is 2.16. The lowest BCUT2D eigenvalue weighted by molar-refractivity contribution is 0.321. The van der Waals surface area contributed by atoms with E-state index in [1.54, 1.807) is 11.8 Å². The van der Waals surface area contributed by atoms with Gasteiger partial charge in [0.2, 0.25) is 0 Å². The van der Waals surface area contributed by atoms with E-state index in [1.165, 1.54) is 0 Å². The fourth-order valence-corrected chi connectivity index (χ4v) is 2.08. The van der Waals surface area contributed by atoms with Gasteiger partial charge in [-0.1, -0.05) is 0 Å². The number of ether oxygens (including phenoxy) is 2. The average molecular weight is 331 g/mol. The molecule has 130 valence electrons. The average Bonchev–Trinajstić information content (AvgIpc) is 3.02. The molecule has 0 spiro atoms. The zero-order valence-corrected chi connectivity index (χ0v) is 14.5. The summed E-state index contributed by atoms with van der Waals surface area (Å²) in [6, 6.07) is 7.53. The first-order chi connectivity index (χ1) is 11.7. The summed E-state index contributed by atoms with van der Waals surface area (Å²) < 4.78 is 12.6. The van der Waals surface area contributed by atoms with Crippen LogP contribution >= 0.6 is 0 Å². The Hall–Kier alpha value is -2.70. The molecule has 0 aliphatic rings. The van der Waals surface area contributed by atoms with Crippen LogP contribution in [-0.2, 0) is 13.6 Å². The molecule has 0 bridgehead atoms. The molecule has 24 heavy (non-hydrogen) atoms. The fourth-order valence-electron chi connectivity index (χ4n) is 2.08. The minimum absolute atomic E-state index is 0.545. The standard InChI is InChI=1S/C17H25N5O2/c1-4-18-17(20-11-14-12-21-22(2)13-14)19-9-10-24-16-7-5-15(23-3)6-8-16/h5-8,12-13H,4,9-11H2,1-3H3,(H2,18,19,20). The van der Waals surface area contributed by atoms with Crippen molar-refractivity contribution in [1.82, 2.24) is 20.4 Å². The van der Waals surface area contributed by atoms with Gasteiger partial charge in [-0.15, -0.1) is 0 Å². The molecule has 1 aromatic heterocycles. The molecule has 0 fully saturated rings. The Morgan fingerprint density at radius 2 is 1.96 bits per heavy atom. The van der Waals surface area contributed by atoms with Crippen LogP contribution in [0.1, 0.15) is 12.5 Å². The summed E-state index contributed by atoms with van der Waals surface area (Å²) in [5.41, 5.74) is 1.07. The van der Waals surface area contributed by atoms with Crippen molar-refractivity contribution >= 4 is 5.96 Å². The van der Waals surface area contributed by atoms with Crippen LogP contribution in [0, 0.1) is 0 Å². The molecule has 1 heterocycles. The Bertz CT molecular complexity index is 637. The van der Waals surface area contributed by atoms with Gasteiger partial charge in [0, 0.05) is 25.4 Å². The second-order valence-corrected chi connectivity index (χ2v) is 5.17. The van der Waals surface area contributed by atoms with Gasteiger partial charge < -0.3 is 20.1 Å². The predicted octanol–water partition coefficient (Wildman–Crippen LogP) is 1.56. The maximum Gasteiger partial charge on any atom is 0.191 e. The summed E-state index contributed by atoms with van der Waals surface area (Å²) in [6.07, 6.45) is 3.78. The van der Waals surface area contributed by atoms with Crippen LogP contribution in [0.5, 0.6) is 11.5 Å². The minimum Gasteiger partial charge on any atom is -0.497 e. The Labute approximate surface area is 142 Å². The number of methoxy groups -OCH3 is 1. The van der Waals surface area contributed by atoms with Gasteiger partial charge in [-0.2, -0.15) is 5.10 Å². The highest BCUT2D eigenvalue weighted by Gasteiger charge is 2.00. The largest absolute Gasteiger partial charge is 0.497 e. The van der Waals surface area contributed by atoms with Gasteiger partial charge in [0.25, 0.3) is 0 Å². The number of aryl methyl sites for hydroxylation is 1. The van der Waals surface area contributed by atoms with E-state index in [2.05, 4.69) is 20.7 Å². The second kappa shape index (κ2) is 9.44. The van der Waals surface area contributed by atoms with E-state index in [-0.39, 0.29) is 0 Å². The van der Waals surface area contributed by atoms with E-state index in [0.717, 1.165) is 29.6 Å². The molecular formula is C17H25N5O2. The van der Waals surface area contributed by atoms with Crippen LogP contribution in [0.15, 0.2) is 41.7 Å². The minimum atomic E-state index is 0.545. The molecule has 0 atom stereocenters. The Balaban J connectivity index is 1.75. The lowest BCUT2D eigenvalue weighted by Gasteiger charge is -2.12. The Morgan fingerprint density at radius 3 is 2.58 bits per heavy atom. The topological polar surface area (TPSA) is 72.7 Å². The molecule has 0 aliphatic heterocycles.